The normalized spacial score (nSPS) is 10.9. The summed E-state index contributed by atoms with van der Waals surface area (Å²) in [6.07, 6.45) is 1.50. The zero-order valence-electron chi connectivity index (χ0n) is 12.8. The van der Waals surface area contributed by atoms with Crippen molar-refractivity contribution in [1.29, 1.82) is 0 Å². The van der Waals surface area contributed by atoms with Crippen molar-refractivity contribution in [2.24, 2.45) is 4.99 Å². The Kier molecular flexibility index (Phi) is 5.02. The Hall–Kier alpha value is -2.83. The van der Waals surface area contributed by atoms with Crippen LogP contribution in [-0.2, 0) is 0 Å². The third-order valence-corrected chi connectivity index (χ3v) is 4.57. The van der Waals surface area contributed by atoms with E-state index < -0.39 is 4.92 Å². The highest BCUT2D eigenvalue weighted by Gasteiger charge is 2.14. The highest BCUT2D eigenvalue weighted by Crippen LogP contribution is 2.27. The largest absolute Gasteiger partial charge is 0.324 e. The molecule has 25 heavy (non-hydrogen) atoms. The van der Waals surface area contributed by atoms with Gasteiger partial charge in [0, 0.05) is 28.4 Å². The van der Waals surface area contributed by atoms with Gasteiger partial charge in [-0.25, -0.2) is 0 Å². The molecule has 1 heterocycles. The van der Waals surface area contributed by atoms with E-state index >= 15 is 0 Å². The van der Waals surface area contributed by atoms with Gasteiger partial charge in [0.05, 0.1) is 15.5 Å². The fraction of sp³-hybridized carbons (Fsp3) is 0. The van der Waals surface area contributed by atoms with Crippen LogP contribution in [0.25, 0.3) is 0 Å². The van der Waals surface area contributed by atoms with Crippen LogP contribution in [0.5, 0.6) is 0 Å². The average molecular weight is 371 g/mol. The molecule has 0 aliphatic heterocycles. The average Bonchev–Trinajstić information content (AvgIpc) is 3.10. The van der Waals surface area contributed by atoms with Gasteiger partial charge >= 0.3 is 5.00 Å². The lowest BCUT2D eigenvalue weighted by molar-refractivity contribution is -0.380. The number of carbonyl (C=O) groups is 1. The molecule has 0 aliphatic rings. The van der Waals surface area contributed by atoms with Gasteiger partial charge < -0.3 is 0 Å². The maximum Gasteiger partial charge on any atom is 0.324 e. The Bertz CT molecular complexity index is 967. The van der Waals surface area contributed by atoms with E-state index in [1.807, 2.05) is 6.07 Å². The second-order valence-electron chi connectivity index (χ2n) is 5.05. The van der Waals surface area contributed by atoms with Gasteiger partial charge in [-0.15, -0.1) is 0 Å². The highest BCUT2D eigenvalue weighted by atomic mass is 35.5. The van der Waals surface area contributed by atoms with Crippen molar-refractivity contribution in [1.82, 2.24) is 0 Å². The molecule has 5 nitrogen and oxygen atoms in total. The van der Waals surface area contributed by atoms with Gasteiger partial charge in [-0.1, -0.05) is 53.3 Å². The van der Waals surface area contributed by atoms with E-state index in [0.29, 0.717) is 26.7 Å². The second-order valence-corrected chi connectivity index (χ2v) is 6.58. The topological polar surface area (TPSA) is 72.6 Å². The van der Waals surface area contributed by atoms with Gasteiger partial charge in [0.1, 0.15) is 0 Å². The molecule has 0 bridgehead atoms. The van der Waals surface area contributed by atoms with E-state index in [9.17, 15) is 14.9 Å². The second kappa shape index (κ2) is 7.38. The van der Waals surface area contributed by atoms with Crippen molar-refractivity contribution in [2.45, 2.75) is 0 Å². The number of nitrogens with zero attached hydrogens (tertiary/aromatic N) is 2. The molecule has 0 saturated carbocycles. The molecule has 2 aromatic carbocycles. The fourth-order valence-electron chi connectivity index (χ4n) is 2.19. The summed E-state index contributed by atoms with van der Waals surface area (Å²) >= 11 is 7.04. The molecule has 3 aromatic rings. The summed E-state index contributed by atoms with van der Waals surface area (Å²) in [4.78, 5) is 27.9. The molecule has 0 spiro atoms. The van der Waals surface area contributed by atoms with Crippen LogP contribution < -0.4 is 0 Å². The maximum atomic E-state index is 12.7. The fourth-order valence-corrected chi connectivity index (χ4v) is 3.06. The third kappa shape index (κ3) is 3.99. The van der Waals surface area contributed by atoms with Crippen LogP contribution in [0, 0.1) is 10.1 Å². The van der Waals surface area contributed by atoms with E-state index in [1.165, 1.54) is 12.3 Å². The molecule has 3 rings (SSSR count). The van der Waals surface area contributed by atoms with Crippen molar-refractivity contribution in [2.75, 3.05) is 0 Å². The minimum Gasteiger partial charge on any atom is -0.289 e. The van der Waals surface area contributed by atoms with Crippen molar-refractivity contribution < 1.29 is 9.72 Å². The Morgan fingerprint density at radius 1 is 1.12 bits per heavy atom. The van der Waals surface area contributed by atoms with Crippen LogP contribution in [0.2, 0.25) is 5.02 Å². The van der Waals surface area contributed by atoms with Gasteiger partial charge in [0.25, 0.3) is 0 Å². The van der Waals surface area contributed by atoms with E-state index in [4.69, 9.17) is 11.6 Å². The van der Waals surface area contributed by atoms with Crippen LogP contribution in [0.4, 0.5) is 10.7 Å². The smallest absolute Gasteiger partial charge is 0.289 e. The van der Waals surface area contributed by atoms with Gasteiger partial charge in [-0.2, -0.15) is 0 Å². The van der Waals surface area contributed by atoms with Crippen molar-refractivity contribution >= 4 is 45.6 Å². The van der Waals surface area contributed by atoms with Crippen molar-refractivity contribution in [3.63, 3.8) is 0 Å². The minimum absolute atomic E-state index is 0.0399. The molecule has 0 aliphatic carbocycles. The molecule has 1 aromatic heterocycles. The van der Waals surface area contributed by atoms with E-state index in [1.54, 1.807) is 48.5 Å². The van der Waals surface area contributed by atoms with Crippen LogP contribution in [0.3, 0.4) is 0 Å². The van der Waals surface area contributed by atoms with Crippen molar-refractivity contribution in [3.05, 3.63) is 91.8 Å². The molecule has 0 radical (unpaired) electrons. The number of benzene rings is 2. The van der Waals surface area contributed by atoms with E-state index in [0.717, 1.165) is 11.3 Å². The molecule has 0 N–H and O–H groups in total. The summed E-state index contributed by atoms with van der Waals surface area (Å²) in [6, 6.07) is 16.7. The lowest BCUT2D eigenvalue weighted by atomic mass is 10.0. The molecule has 0 unspecified atom stereocenters. The monoisotopic (exact) mass is 370 g/mol. The highest BCUT2D eigenvalue weighted by molar-refractivity contribution is 7.16. The Labute approximate surface area is 152 Å². The number of carbonyl (C=O) groups excluding carboxylic acids is 1. The van der Waals surface area contributed by atoms with Crippen LogP contribution in [0.15, 0.2) is 65.7 Å². The molecule has 0 atom stereocenters. The number of thiophene rings is 1. The lowest BCUT2D eigenvalue weighted by Gasteiger charge is -2.05. The lowest BCUT2D eigenvalue weighted by Crippen LogP contribution is -2.01. The first kappa shape index (κ1) is 17.0. The third-order valence-electron chi connectivity index (χ3n) is 3.36. The molecule has 7 heteroatoms. The number of hydrogen-bond donors (Lipinski definition) is 0. The number of halogens is 1. The Balaban J connectivity index is 1.95. The molecule has 0 fully saturated rings. The quantitative estimate of drug-likeness (QED) is 0.265. The zero-order chi connectivity index (χ0) is 17.8. The summed E-state index contributed by atoms with van der Waals surface area (Å²) in [5.41, 5.74) is 1.36. The first-order valence-corrected chi connectivity index (χ1v) is 8.41. The van der Waals surface area contributed by atoms with Crippen LogP contribution >= 0.6 is 22.9 Å². The standard InChI is InChI=1S/C18H11ClN2O3S/c19-13-6-8-16(20-11-14-7-9-17(25-14)21(23)24)15(10-13)18(22)12-4-2-1-3-5-12/h1-11H. The van der Waals surface area contributed by atoms with Crippen LogP contribution in [-0.4, -0.2) is 16.9 Å². The first-order chi connectivity index (χ1) is 12.0. The maximum absolute atomic E-state index is 12.7. The predicted molar refractivity (Wildman–Crippen MR) is 99.6 cm³/mol. The van der Waals surface area contributed by atoms with Crippen LogP contribution in [0.1, 0.15) is 20.8 Å². The summed E-state index contributed by atoms with van der Waals surface area (Å²) in [6.45, 7) is 0. The van der Waals surface area contributed by atoms with Gasteiger partial charge in [-0.05, 0) is 24.3 Å². The Morgan fingerprint density at radius 2 is 1.88 bits per heavy atom. The molecule has 0 amide bonds. The summed E-state index contributed by atoms with van der Waals surface area (Å²) in [5, 5.41) is 11.2. The number of rotatable bonds is 5. The summed E-state index contributed by atoms with van der Waals surface area (Å²) in [7, 11) is 0. The van der Waals surface area contributed by atoms with Crippen molar-refractivity contribution in [3.8, 4) is 0 Å². The minimum atomic E-state index is -0.450. The Morgan fingerprint density at radius 3 is 2.56 bits per heavy atom. The van der Waals surface area contributed by atoms with Gasteiger partial charge in [0.15, 0.2) is 5.78 Å². The van der Waals surface area contributed by atoms with Gasteiger partial charge in [0.2, 0.25) is 0 Å². The number of aliphatic imine (C=N–C) groups is 1. The first-order valence-electron chi connectivity index (χ1n) is 7.22. The SMILES string of the molecule is O=C(c1ccccc1)c1cc(Cl)ccc1N=Cc1ccc([N+](=O)[O-])s1. The van der Waals surface area contributed by atoms with Gasteiger partial charge in [-0.3, -0.25) is 19.9 Å². The zero-order valence-corrected chi connectivity index (χ0v) is 14.3. The van der Waals surface area contributed by atoms with E-state index in [-0.39, 0.29) is 10.8 Å². The number of ketones is 1. The van der Waals surface area contributed by atoms with E-state index in [2.05, 4.69) is 4.99 Å². The summed E-state index contributed by atoms with van der Waals surface area (Å²) in [5.74, 6) is -0.188. The predicted octanol–water partition coefficient (Wildman–Crippen LogP) is 5.29. The molecule has 0 saturated heterocycles. The number of nitro groups is 1. The molecular weight excluding hydrogens is 360 g/mol. The number of hydrogen-bond acceptors (Lipinski definition) is 5. The molecule has 124 valence electrons. The molecular formula is C18H11ClN2O3S. The summed E-state index contributed by atoms with van der Waals surface area (Å²) < 4.78 is 0.